The van der Waals surface area contributed by atoms with Crippen LogP contribution in [0.15, 0.2) is 52.5 Å². The maximum absolute atomic E-state index is 12.5. The van der Waals surface area contributed by atoms with Gasteiger partial charge >= 0.3 is 11.9 Å². The molecule has 0 aliphatic rings. The summed E-state index contributed by atoms with van der Waals surface area (Å²) in [6, 6.07) is 9.93. The lowest BCUT2D eigenvalue weighted by molar-refractivity contribution is -0.119. The second kappa shape index (κ2) is 10.9. The third-order valence-electron chi connectivity index (χ3n) is 4.18. The number of amides is 1. The zero-order valence-corrected chi connectivity index (χ0v) is 19.0. The van der Waals surface area contributed by atoms with Gasteiger partial charge in [0.05, 0.1) is 18.4 Å². The summed E-state index contributed by atoms with van der Waals surface area (Å²) in [4.78, 5) is 37.2. The average molecular weight is 476 g/mol. The van der Waals surface area contributed by atoms with E-state index in [2.05, 4.69) is 5.32 Å². The van der Waals surface area contributed by atoms with E-state index in [4.69, 9.17) is 13.9 Å². The zero-order chi connectivity index (χ0) is 23.1. The molecule has 168 valence electrons. The van der Waals surface area contributed by atoms with Crippen molar-refractivity contribution in [2.24, 2.45) is 0 Å². The van der Waals surface area contributed by atoms with E-state index < -0.39 is 35.3 Å². The van der Waals surface area contributed by atoms with Crippen LogP contribution in [0.1, 0.15) is 33.2 Å². The molecule has 3 aromatic rings. The molecule has 0 bridgehead atoms. The maximum atomic E-state index is 12.5. The molecule has 0 saturated carbocycles. The molecule has 3 rings (SSSR count). The summed E-state index contributed by atoms with van der Waals surface area (Å²) in [7, 11) is -1.05. The number of nitrogens with one attached hydrogen (secondary N) is 1. The minimum Gasteiger partial charge on any atom is -0.464 e. The Bertz CT molecular complexity index is 1140. The first-order chi connectivity index (χ1) is 15.4. The Balaban J connectivity index is 1.68. The second-order valence-electron chi connectivity index (χ2n) is 6.59. The Labute approximate surface area is 191 Å². The van der Waals surface area contributed by atoms with Crippen molar-refractivity contribution in [1.82, 2.24) is 0 Å². The lowest BCUT2D eigenvalue weighted by atomic mass is 10.1. The van der Waals surface area contributed by atoms with E-state index in [1.54, 1.807) is 55.0 Å². The van der Waals surface area contributed by atoms with Gasteiger partial charge < -0.3 is 19.2 Å². The van der Waals surface area contributed by atoms with Gasteiger partial charge in [-0.25, -0.2) is 9.59 Å². The molecule has 1 N–H and O–H groups in total. The number of anilines is 1. The van der Waals surface area contributed by atoms with E-state index in [1.165, 1.54) is 6.26 Å². The molecule has 0 spiro atoms. The molecule has 1 aromatic carbocycles. The molecule has 0 saturated heterocycles. The van der Waals surface area contributed by atoms with Crippen LogP contribution in [0, 0.1) is 0 Å². The van der Waals surface area contributed by atoms with Crippen molar-refractivity contribution in [1.29, 1.82) is 0 Å². The minimum absolute atomic E-state index is 0.169. The SMILES string of the molecule is CCOC(=O)c1c(-c2ccco2)csc1NC(=O)COC(=O)c1cccc(CS(C)=O)c1. The lowest BCUT2D eigenvalue weighted by Gasteiger charge is -2.09. The van der Waals surface area contributed by atoms with Crippen LogP contribution in [0.2, 0.25) is 0 Å². The molecule has 1 amide bonds. The van der Waals surface area contributed by atoms with Crippen LogP contribution in [0.3, 0.4) is 0 Å². The average Bonchev–Trinajstić information content (AvgIpc) is 3.41. The van der Waals surface area contributed by atoms with Gasteiger partial charge in [-0.3, -0.25) is 9.00 Å². The maximum Gasteiger partial charge on any atom is 0.341 e. The molecular formula is C22H21NO7S2. The first-order valence-corrected chi connectivity index (χ1v) is 12.2. The third kappa shape index (κ3) is 5.92. The molecular weight excluding hydrogens is 454 g/mol. The summed E-state index contributed by atoms with van der Waals surface area (Å²) in [6.45, 7) is 1.31. The summed E-state index contributed by atoms with van der Waals surface area (Å²) in [6.07, 6.45) is 3.05. The molecule has 32 heavy (non-hydrogen) atoms. The molecule has 0 fully saturated rings. The van der Waals surface area contributed by atoms with Gasteiger partial charge in [-0.1, -0.05) is 12.1 Å². The van der Waals surface area contributed by atoms with E-state index in [1.807, 2.05) is 0 Å². The standard InChI is InChI=1S/C22H21NO7S2/c1-3-28-22(26)19-16(17-8-5-9-29-17)12-31-20(19)23-18(24)11-30-21(25)15-7-4-6-14(10-15)13-32(2)27/h4-10,12H,3,11,13H2,1-2H3,(H,23,24). The van der Waals surface area contributed by atoms with Crippen LogP contribution in [0.25, 0.3) is 11.3 Å². The highest BCUT2D eigenvalue weighted by atomic mass is 32.2. The highest BCUT2D eigenvalue weighted by Gasteiger charge is 2.24. The van der Waals surface area contributed by atoms with Gasteiger partial charge in [0.1, 0.15) is 16.3 Å². The first kappa shape index (κ1) is 23.4. The molecule has 10 heteroatoms. The second-order valence-corrected chi connectivity index (χ2v) is 8.91. The Kier molecular flexibility index (Phi) is 7.96. The van der Waals surface area contributed by atoms with Crippen LogP contribution in [-0.2, 0) is 30.8 Å². The van der Waals surface area contributed by atoms with E-state index in [-0.39, 0.29) is 22.7 Å². The molecule has 8 nitrogen and oxygen atoms in total. The first-order valence-electron chi connectivity index (χ1n) is 9.57. The smallest absolute Gasteiger partial charge is 0.341 e. The third-order valence-corrected chi connectivity index (χ3v) is 5.81. The molecule has 0 aliphatic carbocycles. The fourth-order valence-corrected chi connectivity index (χ4v) is 4.47. The molecule has 2 heterocycles. The number of thiophene rings is 1. The topological polar surface area (TPSA) is 112 Å². The summed E-state index contributed by atoms with van der Waals surface area (Å²) in [5.41, 5.74) is 1.65. The van der Waals surface area contributed by atoms with Crippen LogP contribution in [0.4, 0.5) is 5.00 Å². The molecule has 1 unspecified atom stereocenters. The minimum atomic E-state index is -1.05. The van der Waals surface area contributed by atoms with E-state index in [0.717, 1.165) is 16.9 Å². The van der Waals surface area contributed by atoms with Gasteiger partial charge in [-0.15, -0.1) is 11.3 Å². The van der Waals surface area contributed by atoms with Crippen molar-refractivity contribution in [3.8, 4) is 11.3 Å². The quantitative estimate of drug-likeness (QED) is 0.468. The van der Waals surface area contributed by atoms with E-state index in [0.29, 0.717) is 17.1 Å². The van der Waals surface area contributed by atoms with E-state index in [9.17, 15) is 18.6 Å². The largest absolute Gasteiger partial charge is 0.464 e. The van der Waals surface area contributed by atoms with Crippen molar-refractivity contribution in [3.63, 3.8) is 0 Å². The summed E-state index contributed by atoms with van der Waals surface area (Å²) < 4.78 is 26.9. The number of furan rings is 1. The van der Waals surface area contributed by atoms with E-state index >= 15 is 0 Å². The Morgan fingerprint density at radius 2 is 1.94 bits per heavy atom. The van der Waals surface area contributed by atoms with Gasteiger partial charge in [0, 0.05) is 33.8 Å². The Morgan fingerprint density at radius 1 is 1.12 bits per heavy atom. The fraction of sp³-hybridized carbons (Fsp3) is 0.227. The van der Waals surface area contributed by atoms with Gasteiger partial charge in [0.25, 0.3) is 5.91 Å². The van der Waals surface area contributed by atoms with Crippen molar-refractivity contribution >= 4 is 45.0 Å². The molecule has 0 radical (unpaired) electrons. The van der Waals surface area contributed by atoms with Crippen molar-refractivity contribution in [2.75, 3.05) is 24.8 Å². The normalized spacial score (nSPS) is 11.6. The molecule has 2 aromatic heterocycles. The van der Waals surface area contributed by atoms with Crippen molar-refractivity contribution in [2.45, 2.75) is 12.7 Å². The number of carbonyl (C=O) groups excluding carboxylic acids is 3. The van der Waals surface area contributed by atoms with Crippen LogP contribution in [-0.4, -0.2) is 41.5 Å². The van der Waals surface area contributed by atoms with Crippen LogP contribution >= 0.6 is 11.3 Å². The number of rotatable bonds is 9. The highest BCUT2D eigenvalue weighted by molar-refractivity contribution is 7.83. The van der Waals surface area contributed by atoms with Crippen LogP contribution in [0.5, 0.6) is 0 Å². The zero-order valence-electron chi connectivity index (χ0n) is 17.4. The monoisotopic (exact) mass is 475 g/mol. The number of carbonyl (C=O) groups is 3. The number of hydrogen-bond acceptors (Lipinski definition) is 8. The van der Waals surface area contributed by atoms with Gasteiger partial charge in [0.2, 0.25) is 0 Å². The number of esters is 2. The van der Waals surface area contributed by atoms with Gasteiger partial charge in [-0.2, -0.15) is 0 Å². The Morgan fingerprint density at radius 3 is 2.62 bits per heavy atom. The predicted octanol–water partition coefficient (Wildman–Crippen LogP) is 3.86. The summed E-state index contributed by atoms with van der Waals surface area (Å²) >= 11 is 1.13. The number of hydrogen-bond donors (Lipinski definition) is 1. The molecule has 0 aliphatic heterocycles. The lowest BCUT2D eigenvalue weighted by Crippen LogP contribution is -2.21. The van der Waals surface area contributed by atoms with Crippen molar-refractivity contribution in [3.05, 3.63) is 64.7 Å². The highest BCUT2D eigenvalue weighted by Crippen LogP contribution is 2.36. The van der Waals surface area contributed by atoms with Crippen molar-refractivity contribution < 1.29 is 32.5 Å². The summed E-state index contributed by atoms with van der Waals surface area (Å²) in [5, 5.41) is 4.54. The molecule has 1 atom stereocenters. The van der Waals surface area contributed by atoms with Gasteiger partial charge in [-0.05, 0) is 36.8 Å². The summed E-state index contributed by atoms with van der Waals surface area (Å²) in [5.74, 6) is -1.12. The predicted molar refractivity (Wildman–Crippen MR) is 121 cm³/mol. The number of benzene rings is 1. The Hall–Kier alpha value is -3.24. The fourth-order valence-electron chi connectivity index (χ4n) is 2.87. The van der Waals surface area contributed by atoms with Crippen LogP contribution < -0.4 is 5.32 Å². The number of ether oxygens (including phenoxy) is 2. The van der Waals surface area contributed by atoms with Gasteiger partial charge in [0.15, 0.2) is 6.61 Å².